The van der Waals surface area contributed by atoms with Crippen molar-refractivity contribution in [3.63, 3.8) is 0 Å². The third kappa shape index (κ3) is 1020. The molecule has 3 N–H and O–H groups in total. The fourth-order valence-electron chi connectivity index (χ4n) is 0. The van der Waals surface area contributed by atoms with Gasteiger partial charge in [-0.2, -0.15) is 0 Å². The van der Waals surface area contributed by atoms with Gasteiger partial charge in [-0.15, -0.1) is 0 Å². The maximum absolute atomic E-state index is 8.46. The zero-order valence-electron chi connectivity index (χ0n) is 4.32. The first-order valence-electron chi connectivity index (χ1n) is 1.15. The molecule has 0 atom stereocenters. The largest absolute Gasteiger partial charge is 3.00 e. The SMILES string of the molecule is O=PO.O=PO.O=PO.[Cr+3]. The van der Waals surface area contributed by atoms with Gasteiger partial charge in [0.2, 0.25) is 0 Å². The molecular formula is H3CrO6P3+3. The molecule has 10 heavy (non-hydrogen) atoms. The molecule has 6 nitrogen and oxygen atoms in total. The monoisotopic (exact) mass is 244 g/mol. The van der Waals surface area contributed by atoms with Gasteiger partial charge in [-0.3, -0.25) is 0 Å². The van der Waals surface area contributed by atoms with E-state index in [0.29, 0.717) is 0 Å². The predicted octanol–water partition coefficient (Wildman–Crippen LogP) is 0.554. The Bertz CT molecular complexity index is 49.7. The third-order valence-corrected chi connectivity index (χ3v) is 0. The number of hydrogen-bond donors (Lipinski definition) is 3. The first-order valence-corrected chi connectivity index (χ1v) is 3.44. The molecule has 0 bridgehead atoms. The van der Waals surface area contributed by atoms with Gasteiger partial charge in [0.05, 0.1) is 0 Å². The van der Waals surface area contributed by atoms with E-state index >= 15 is 0 Å². The second-order valence-corrected chi connectivity index (χ2v) is 0.735. The molecule has 0 unspecified atom stereocenters. The van der Waals surface area contributed by atoms with Crippen molar-refractivity contribution >= 4 is 26.1 Å². The summed E-state index contributed by atoms with van der Waals surface area (Å²) in [6.07, 6.45) is 0. The summed E-state index contributed by atoms with van der Waals surface area (Å²) < 4.78 is 25.4. The Hall–Kier alpha value is 0.712. The molecule has 1 radical (unpaired) electrons. The van der Waals surface area contributed by atoms with Gasteiger partial charge in [0.15, 0.2) is 0 Å². The Morgan fingerprint density at radius 1 is 0.700 bits per heavy atom. The van der Waals surface area contributed by atoms with E-state index in [9.17, 15) is 0 Å². The quantitative estimate of drug-likeness (QED) is 0.536. The molecule has 0 rings (SSSR count). The van der Waals surface area contributed by atoms with Crippen LogP contribution in [0.25, 0.3) is 0 Å². The van der Waals surface area contributed by atoms with Gasteiger partial charge in [-0.05, 0) is 0 Å². The van der Waals surface area contributed by atoms with Crippen LogP contribution in [0.5, 0.6) is 0 Å². The zero-order valence-corrected chi connectivity index (χ0v) is 8.27. The fraction of sp³-hybridized carbons (Fsp3) is 0. The van der Waals surface area contributed by atoms with E-state index in [2.05, 4.69) is 0 Å². The van der Waals surface area contributed by atoms with Crippen LogP contribution in [-0.4, -0.2) is 14.7 Å². The van der Waals surface area contributed by atoms with Crippen molar-refractivity contribution in [2.75, 3.05) is 0 Å². The molecule has 0 aromatic heterocycles. The van der Waals surface area contributed by atoms with Crippen LogP contribution in [0, 0.1) is 0 Å². The molecule has 0 aliphatic carbocycles. The molecule has 0 saturated heterocycles. The molecular weight excluding hydrogens is 241 g/mol. The van der Waals surface area contributed by atoms with Gasteiger partial charge in [-0.25, -0.2) is 13.7 Å². The standard InChI is InChI=1S/Cr.3HO2P/c;3*1-3-2/h;3*(H,1,2)/q+3;;;. The van der Waals surface area contributed by atoms with Gasteiger partial charge in [0.25, 0.3) is 0 Å². The van der Waals surface area contributed by atoms with Crippen LogP contribution >= 0.6 is 26.1 Å². The molecule has 10 heteroatoms. The topological polar surface area (TPSA) is 112 Å². The summed E-state index contributed by atoms with van der Waals surface area (Å²) >= 11 is 0. The minimum Gasteiger partial charge on any atom is -0.310 e. The maximum atomic E-state index is 8.46. The molecule has 0 aromatic rings. The molecule has 57 valence electrons. The predicted molar refractivity (Wildman–Crippen MR) is 29.5 cm³/mol. The Labute approximate surface area is 72.3 Å². The van der Waals surface area contributed by atoms with Crippen LogP contribution < -0.4 is 0 Å². The van der Waals surface area contributed by atoms with Crippen LogP contribution in [0.2, 0.25) is 0 Å². The van der Waals surface area contributed by atoms with E-state index < -0.39 is 26.1 Å². The van der Waals surface area contributed by atoms with Crippen molar-refractivity contribution in [1.82, 2.24) is 0 Å². The van der Waals surface area contributed by atoms with Gasteiger partial charge in [0, 0.05) is 0 Å². The van der Waals surface area contributed by atoms with Crippen LogP contribution in [-0.2, 0) is 31.1 Å². The average molecular weight is 244 g/mol. The van der Waals surface area contributed by atoms with E-state index in [1.54, 1.807) is 0 Å². The molecule has 0 aliphatic heterocycles. The molecule has 0 amide bonds. The van der Waals surface area contributed by atoms with Gasteiger partial charge in [-0.1, -0.05) is 0 Å². The minimum absolute atomic E-state index is 0. The van der Waals surface area contributed by atoms with Crippen molar-refractivity contribution in [3.05, 3.63) is 0 Å². The van der Waals surface area contributed by atoms with E-state index in [4.69, 9.17) is 28.4 Å². The number of hydrogen-bond acceptors (Lipinski definition) is 3. The summed E-state index contributed by atoms with van der Waals surface area (Å²) in [4.78, 5) is 21.0. The summed E-state index contributed by atoms with van der Waals surface area (Å²) in [5.41, 5.74) is 0. The molecule has 0 aromatic carbocycles. The van der Waals surface area contributed by atoms with Crippen LogP contribution in [0.15, 0.2) is 0 Å². The van der Waals surface area contributed by atoms with Gasteiger partial charge >= 0.3 is 43.4 Å². The zero-order chi connectivity index (χ0) is 8.12. The smallest absolute Gasteiger partial charge is 0.310 e. The summed E-state index contributed by atoms with van der Waals surface area (Å²) in [5, 5.41) is 0. The van der Waals surface area contributed by atoms with E-state index in [0.717, 1.165) is 0 Å². The maximum Gasteiger partial charge on any atom is 3.00 e. The third-order valence-electron chi connectivity index (χ3n) is 0. The van der Waals surface area contributed by atoms with Crippen molar-refractivity contribution in [2.24, 2.45) is 0 Å². The molecule has 0 saturated carbocycles. The Morgan fingerprint density at radius 2 is 0.700 bits per heavy atom. The van der Waals surface area contributed by atoms with Crippen LogP contribution in [0.3, 0.4) is 0 Å². The molecule has 0 spiro atoms. The Balaban J connectivity index is -0.0000000257. The van der Waals surface area contributed by atoms with Crippen molar-refractivity contribution < 1.29 is 45.7 Å². The van der Waals surface area contributed by atoms with E-state index in [-0.39, 0.29) is 17.4 Å². The first-order chi connectivity index (χ1) is 4.24. The van der Waals surface area contributed by atoms with Crippen LogP contribution in [0.4, 0.5) is 0 Å². The van der Waals surface area contributed by atoms with E-state index in [1.165, 1.54) is 0 Å². The van der Waals surface area contributed by atoms with Crippen molar-refractivity contribution in [3.8, 4) is 0 Å². The summed E-state index contributed by atoms with van der Waals surface area (Å²) in [6, 6.07) is 0. The summed E-state index contributed by atoms with van der Waals surface area (Å²) in [5.74, 6) is 0. The second kappa shape index (κ2) is 53.5. The van der Waals surface area contributed by atoms with Gasteiger partial charge < -0.3 is 14.7 Å². The first kappa shape index (κ1) is 22.4. The summed E-state index contributed by atoms with van der Waals surface area (Å²) in [7, 11) is -2.50. The molecule has 0 aliphatic rings. The van der Waals surface area contributed by atoms with Crippen molar-refractivity contribution in [1.29, 1.82) is 0 Å². The van der Waals surface area contributed by atoms with Gasteiger partial charge in [0.1, 0.15) is 0 Å². The minimum atomic E-state index is -0.833. The Morgan fingerprint density at radius 3 is 0.700 bits per heavy atom. The second-order valence-electron chi connectivity index (χ2n) is 0.245. The van der Waals surface area contributed by atoms with Crippen molar-refractivity contribution in [2.45, 2.75) is 0 Å². The normalized spacial score (nSPS) is 6.30. The van der Waals surface area contributed by atoms with E-state index in [1.807, 2.05) is 0 Å². The Kier molecular flexibility index (Phi) is 120. The average Bonchev–Trinajstić information content (AvgIpc) is 1.70. The molecule has 0 heterocycles. The molecule has 0 fully saturated rings. The summed E-state index contributed by atoms with van der Waals surface area (Å²) in [6.45, 7) is 0. The van der Waals surface area contributed by atoms with Crippen LogP contribution in [0.1, 0.15) is 0 Å². The number of rotatable bonds is 0. The fourth-order valence-corrected chi connectivity index (χ4v) is 0.